The molecule has 0 heteroatoms. The number of fused-ring (bicyclic) bond motifs is 8. The molecule has 0 fully saturated rings. The Labute approximate surface area is 269 Å². The van der Waals surface area contributed by atoms with Gasteiger partial charge in [-0.1, -0.05) is 170 Å². The Morgan fingerprint density at radius 1 is 0.239 bits per heavy atom. The lowest BCUT2D eigenvalue weighted by atomic mass is 9.90. The number of hydrogen-bond donors (Lipinski definition) is 0. The third-order valence-electron chi connectivity index (χ3n) is 9.80. The van der Waals surface area contributed by atoms with Gasteiger partial charge >= 0.3 is 0 Å². The monoisotopic (exact) mass is 584 g/mol. The first-order chi connectivity index (χ1) is 22.8. The second kappa shape index (κ2) is 11.0. The van der Waals surface area contributed by atoms with Gasteiger partial charge in [0.15, 0.2) is 0 Å². The molecule has 0 bridgehead atoms. The van der Waals surface area contributed by atoms with E-state index in [4.69, 9.17) is 0 Å². The Bertz CT molecular complexity index is 2190. The van der Waals surface area contributed by atoms with Gasteiger partial charge in [-0.3, -0.25) is 0 Å². The van der Waals surface area contributed by atoms with Crippen LogP contribution in [-0.2, 0) is 12.8 Å². The van der Waals surface area contributed by atoms with E-state index in [1.54, 1.807) is 0 Å². The summed E-state index contributed by atoms with van der Waals surface area (Å²) in [7, 11) is 0. The highest BCUT2D eigenvalue weighted by Gasteiger charge is 2.17. The summed E-state index contributed by atoms with van der Waals surface area (Å²) < 4.78 is 0. The molecule has 9 aromatic carbocycles. The van der Waals surface area contributed by atoms with Gasteiger partial charge in [-0.2, -0.15) is 0 Å². The molecular formula is C46H32. The van der Waals surface area contributed by atoms with E-state index in [-0.39, 0.29) is 0 Å². The predicted molar refractivity (Wildman–Crippen MR) is 197 cm³/mol. The van der Waals surface area contributed by atoms with E-state index >= 15 is 0 Å². The van der Waals surface area contributed by atoms with Crippen LogP contribution in [0, 0.1) is 0 Å². The Morgan fingerprint density at radius 3 is 0.783 bits per heavy atom. The molecule has 11 rings (SSSR count). The molecule has 0 nitrogen and oxygen atoms in total. The Kier molecular flexibility index (Phi) is 6.39. The van der Waals surface area contributed by atoms with Crippen LogP contribution < -0.4 is 0 Å². The summed E-state index contributed by atoms with van der Waals surface area (Å²) in [6.07, 6.45) is 2.21. The van der Waals surface area contributed by atoms with Gasteiger partial charge in [0.1, 0.15) is 0 Å². The fourth-order valence-electron chi connectivity index (χ4n) is 7.74. The maximum Gasteiger partial charge on any atom is -0.00135 e. The van der Waals surface area contributed by atoms with Gasteiger partial charge in [0, 0.05) is 0 Å². The summed E-state index contributed by atoms with van der Waals surface area (Å²) >= 11 is 0. The van der Waals surface area contributed by atoms with Crippen molar-refractivity contribution >= 4 is 43.1 Å². The summed E-state index contributed by atoms with van der Waals surface area (Å²) in [5.41, 5.74) is 11.5. The first-order valence-corrected chi connectivity index (χ1v) is 16.2. The van der Waals surface area contributed by atoms with Gasteiger partial charge in [0.25, 0.3) is 0 Å². The molecule has 0 N–H and O–H groups in total. The summed E-state index contributed by atoms with van der Waals surface area (Å²) in [4.78, 5) is 0. The van der Waals surface area contributed by atoms with Gasteiger partial charge in [0.05, 0.1) is 0 Å². The molecule has 0 aliphatic heterocycles. The van der Waals surface area contributed by atoms with Crippen LogP contribution in [-0.4, -0.2) is 0 Å². The zero-order valence-electron chi connectivity index (χ0n) is 25.6. The summed E-state index contributed by atoms with van der Waals surface area (Å²) in [6, 6.07) is 61.1. The average Bonchev–Trinajstić information content (AvgIpc) is 3.70. The first-order valence-electron chi connectivity index (χ1n) is 16.2. The molecule has 9 aromatic rings. The molecular weight excluding hydrogens is 553 g/mol. The molecule has 0 aromatic heterocycles. The van der Waals surface area contributed by atoms with E-state index in [1.165, 1.54) is 87.6 Å². The fraction of sp³-hybridized carbons (Fsp3) is 0.0435. The molecule has 0 radical (unpaired) electrons. The van der Waals surface area contributed by atoms with Crippen molar-refractivity contribution < 1.29 is 0 Å². The van der Waals surface area contributed by atoms with E-state index in [2.05, 4.69) is 170 Å². The summed E-state index contributed by atoms with van der Waals surface area (Å²) in [6.45, 7) is 0. The van der Waals surface area contributed by atoms with Crippen LogP contribution in [0.3, 0.4) is 0 Å². The lowest BCUT2D eigenvalue weighted by molar-refractivity contribution is 1.26. The van der Waals surface area contributed by atoms with Crippen LogP contribution in [0.4, 0.5) is 0 Å². The Hall–Kier alpha value is -5.72. The topological polar surface area (TPSA) is 0 Å². The van der Waals surface area contributed by atoms with Crippen molar-refractivity contribution in [2.75, 3.05) is 0 Å². The van der Waals surface area contributed by atoms with Crippen LogP contribution in [0.15, 0.2) is 170 Å². The third-order valence-corrected chi connectivity index (χ3v) is 9.80. The van der Waals surface area contributed by atoms with Crippen LogP contribution in [0.1, 0.15) is 22.3 Å². The molecule has 216 valence electrons. The van der Waals surface area contributed by atoms with Crippen molar-refractivity contribution in [2.45, 2.75) is 12.8 Å². The average molecular weight is 585 g/mol. The van der Waals surface area contributed by atoms with Crippen LogP contribution in [0.2, 0.25) is 0 Å². The molecule has 46 heavy (non-hydrogen) atoms. The zero-order valence-corrected chi connectivity index (χ0v) is 25.6. The molecule has 0 spiro atoms. The van der Waals surface area contributed by atoms with Crippen LogP contribution >= 0.6 is 0 Å². The smallest absolute Gasteiger partial charge is 0.00135 e. The summed E-state index contributed by atoms with van der Waals surface area (Å²) in [5.74, 6) is 0. The highest BCUT2D eigenvalue weighted by molar-refractivity contribution is 6.32. The lowest BCUT2D eigenvalue weighted by Gasteiger charge is -2.13. The molecule has 0 saturated heterocycles. The Morgan fingerprint density at radius 2 is 0.500 bits per heavy atom. The molecule has 0 unspecified atom stereocenters. The standard InChI is InChI=1S/C20H12.2C13H10/c1-5-13-6-2-11-17-18-12-4-8-14-7-3-10-16(20(14)18)15(9-1)19(13)17;2*1-3-7-12-10(5-1)9-11-6-2-4-8-13(11)12/h1-12H;2*1-8H,9H2. The lowest BCUT2D eigenvalue weighted by Crippen LogP contribution is -1.85. The maximum absolute atomic E-state index is 2.25. The van der Waals surface area contributed by atoms with E-state index in [0.29, 0.717) is 0 Å². The molecule has 0 atom stereocenters. The van der Waals surface area contributed by atoms with Crippen LogP contribution in [0.5, 0.6) is 0 Å². The van der Waals surface area contributed by atoms with E-state index in [0.717, 1.165) is 12.8 Å². The zero-order chi connectivity index (χ0) is 30.5. The molecule has 0 amide bonds. The minimum Gasteiger partial charge on any atom is -0.0619 e. The van der Waals surface area contributed by atoms with Crippen molar-refractivity contribution in [3.63, 3.8) is 0 Å². The highest BCUT2D eigenvalue weighted by atomic mass is 14.2. The van der Waals surface area contributed by atoms with E-state index in [1.807, 2.05) is 0 Å². The van der Waals surface area contributed by atoms with Gasteiger partial charge in [0.2, 0.25) is 0 Å². The fourth-order valence-corrected chi connectivity index (χ4v) is 7.74. The van der Waals surface area contributed by atoms with Crippen molar-refractivity contribution in [3.05, 3.63) is 192 Å². The molecule has 2 aliphatic rings. The number of rotatable bonds is 0. The maximum atomic E-state index is 2.25. The Balaban J connectivity index is 0.0000000989. The normalized spacial score (nSPS) is 12.2. The minimum atomic E-state index is 1.10. The molecule has 0 heterocycles. The summed E-state index contributed by atoms with van der Waals surface area (Å²) in [5, 5.41) is 10.9. The third kappa shape index (κ3) is 4.37. The number of benzene rings is 9. The van der Waals surface area contributed by atoms with Gasteiger partial charge in [-0.15, -0.1) is 0 Å². The quantitative estimate of drug-likeness (QED) is 0.123. The van der Waals surface area contributed by atoms with Gasteiger partial charge in [-0.05, 0) is 100 Å². The van der Waals surface area contributed by atoms with Gasteiger partial charge in [-0.25, -0.2) is 0 Å². The second-order valence-electron chi connectivity index (χ2n) is 12.4. The molecule has 2 aliphatic carbocycles. The second-order valence-corrected chi connectivity index (χ2v) is 12.4. The van der Waals surface area contributed by atoms with Crippen molar-refractivity contribution in [2.24, 2.45) is 0 Å². The van der Waals surface area contributed by atoms with Crippen molar-refractivity contribution in [1.29, 1.82) is 0 Å². The van der Waals surface area contributed by atoms with E-state index < -0.39 is 0 Å². The minimum absolute atomic E-state index is 1.10. The van der Waals surface area contributed by atoms with E-state index in [9.17, 15) is 0 Å². The molecule has 0 saturated carbocycles. The first kappa shape index (κ1) is 26.7. The number of hydrogen-bond acceptors (Lipinski definition) is 0. The van der Waals surface area contributed by atoms with Gasteiger partial charge < -0.3 is 0 Å². The van der Waals surface area contributed by atoms with Crippen LogP contribution in [0.25, 0.3) is 65.3 Å². The van der Waals surface area contributed by atoms with Crippen molar-refractivity contribution in [3.8, 4) is 22.3 Å². The highest BCUT2D eigenvalue weighted by Crippen LogP contribution is 2.40. The SMILES string of the molecule is c1cc2cccc3c4cccc5cccc(c(c1)c23)c54.c1ccc2c(c1)Cc1ccccc1-2.c1ccc2c(c1)Cc1ccccc1-2. The predicted octanol–water partition coefficient (Wildman–Crippen LogP) is 12.3. The van der Waals surface area contributed by atoms with Crippen molar-refractivity contribution in [1.82, 2.24) is 0 Å². The largest absolute Gasteiger partial charge is 0.0619 e.